The summed E-state index contributed by atoms with van der Waals surface area (Å²) in [5, 5.41) is 7.30. The van der Waals surface area contributed by atoms with E-state index in [1.165, 1.54) is 0 Å². The molecule has 1 amide bonds. The average molecular weight is 265 g/mol. The summed E-state index contributed by atoms with van der Waals surface area (Å²) in [7, 11) is 0. The Balaban J connectivity index is 1.88. The van der Waals surface area contributed by atoms with Crippen LogP contribution in [0.25, 0.3) is 0 Å². The van der Waals surface area contributed by atoms with Gasteiger partial charge in [0.1, 0.15) is 5.69 Å². The van der Waals surface area contributed by atoms with Crippen LogP contribution in [0, 0.1) is 11.8 Å². The first-order chi connectivity index (χ1) is 9.74. The lowest BCUT2D eigenvalue weighted by Crippen LogP contribution is -2.34. The number of H-pyrrole nitrogens is 1. The van der Waals surface area contributed by atoms with Crippen LogP contribution < -0.4 is 0 Å². The molecule has 0 unspecified atom stereocenters. The molecule has 0 atom stereocenters. The number of aromatic amines is 1. The molecule has 0 fully saturated rings. The first-order valence-corrected chi connectivity index (χ1v) is 6.63. The summed E-state index contributed by atoms with van der Waals surface area (Å²) in [6.07, 6.45) is 0.814. The molecule has 1 aliphatic heterocycles. The molecule has 2 aromatic rings. The quantitative estimate of drug-likeness (QED) is 0.737. The van der Waals surface area contributed by atoms with Crippen molar-refractivity contribution in [3.63, 3.8) is 0 Å². The monoisotopic (exact) mass is 265 g/mol. The number of aromatic nitrogens is 2. The molecule has 0 saturated heterocycles. The van der Waals surface area contributed by atoms with Gasteiger partial charge in [-0.2, -0.15) is 5.10 Å². The van der Waals surface area contributed by atoms with Gasteiger partial charge in [0.2, 0.25) is 5.91 Å². The van der Waals surface area contributed by atoms with Crippen molar-refractivity contribution in [1.29, 1.82) is 0 Å². The van der Waals surface area contributed by atoms with E-state index in [0.29, 0.717) is 6.54 Å². The molecule has 1 aromatic heterocycles. The third-order valence-corrected chi connectivity index (χ3v) is 3.48. The maximum absolute atomic E-state index is 11.5. The Hall–Kier alpha value is -2.54. The lowest BCUT2D eigenvalue weighted by Gasteiger charge is -2.25. The van der Waals surface area contributed by atoms with Crippen molar-refractivity contribution >= 4 is 5.91 Å². The fraction of sp³-hybridized carbons (Fsp3) is 0.250. The Bertz CT molecular complexity index is 692. The number of rotatable bonds is 0. The highest BCUT2D eigenvalue weighted by Gasteiger charge is 2.22. The third kappa shape index (κ3) is 2.43. The van der Waals surface area contributed by atoms with E-state index in [4.69, 9.17) is 0 Å². The second-order valence-corrected chi connectivity index (χ2v) is 4.84. The summed E-state index contributed by atoms with van der Waals surface area (Å²) in [6, 6.07) is 9.82. The van der Waals surface area contributed by atoms with Crippen molar-refractivity contribution in [1.82, 2.24) is 15.1 Å². The zero-order chi connectivity index (χ0) is 13.9. The second kappa shape index (κ2) is 5.22. The van der Waals surface area contributed by atoms with E-state index < -0.39 is 0 Å². The molecular formula is C16H15N3O. The summed E-state index contributed by atoms with van der Waals surface area (Å²) in [6.45, 7) is 2.94. The largest absolute Gasteiger partial charge is 0.338 e. The van der Waals surface area contributed by atoms with Crippen LogP contribution in [0.15, 0.2) is 30.3 Å². The second-order valence-electron chi connectivity index (χ2n) is 4.84. The van der Waals surface area contributed by atoms with E-state index in [0.717, 1.165) is 35.5 Å². The highest BCUT2D eigenvalue weighted by atomic mass is 16.2. The smallest absolute Gasteiger partial charge is 0.219 e. The number of benzene rings is 1. The van der Waals surface area contributed by atoms with Gasteiger partial charge in [0.25, 0.3) is 0 Å². The average Bonchev–Trinajstić information content (AvgIpc) is 2.88. The van der Waals surface area contributed by atoms with Crippen LogP contribution in [0.5, 0.6) is 0 Å². The lowest BCUT2D eigenvalue weighted by atomic mass is 10.1. The van der Waals surface area contributed by atoms with Gasteiger partial charge >= 0.3 is 0 Å². The Morgan fingerprint density at radius 1 is 1.30 bits per heavy atom. The maximum atomic E-state index is 11.5. The van der Waals surface area contributed by atoms with Crippen molar-refractivity contribution in [2.45, 2.75) is 19.9 Å². The molecule has 3 rings (SSSR count). The molecule has 0 radical (unpaired) electrons. The van der Waals surface area contributed by atoms with Crippen molar-refractivity contribution < 1.29 is 4.79 Å². The van der Waals surface area contributed by atoms with Crippen molar-refractivity contribution in [2.75, 3.05) is 6.54 Å². The lowest BCUT2D eigenvalue weighted by molar-refractivity contribution is -0.129. The number of nitrogens with one attached hydrogen (secondary N) is 1. The van der Waals surface area contributed by atoms with Crippen LogP contribution in [0.1, 0.15) is 29.4 Å². The zero-order valence-electron chi connectivity index (χ0n) is 11.3. The summed E-state index contributed by atoms with van der Waals surface area (Å²) < 4.78 is 0. The molecule has 2 heterocycles. The summed E-state index contributed by atoms with van der Waals surface area (Å²) >= 11 is 0. The number of nitrogens with zero attached hydrogens (tertiary/aromatic N) is 2. The molecule has 0 aliphatic carbocycles. The topological polar surface area (TPSA) is 49.0 Å². The third-order valence-electron chi connectivity index (χ3n) is 3.48. The van der Waals surface area contributed by atoms with E-state index in [1.54, 1.807) is 6.92 Å². The van der Waals surface area contributed by atoms with Crippen LogP contribution in [-0.2, 0) is 17.8 Å². The maximum Gasteiger partial charge on any atom is 0.219 e. The molecule has 1 aliphatic rings. The van der Waals surface area contributed by atoms with Crippen LogP contribution in [0.3, 0.4) is 0 Å². The van der Waals surface area contributed by atoms with Gasteiger partial charge in [-0.15, -0.1) is 0 Å². The van der Waals surface area contributed by atoms with Gasteiger partial charge in [0.15, 0.2) is 0 Å². The Kier molecular flexibility index (Phi) is 3.26. The molecule has 1 N–H and O–H groups in total. The Morgan fingerprint density at radius 2 is 2.10 bits per heavy atom. The van der Waals surface area contributed by atoms with Gasteiger partial charge in [-0.1, -0.05) is 24.1 Å². The number of hydrogen-bond acceptors (Lipinski definition) is 2. The first kappa shape index (κ1) is 12.5. The predicted octanol–water partition coefficient (Wildman–Crippen LogP) is 1.71. The molecular weight excluding hydrogens is 250 g/mol. The molecule has 1 aromatic carbocycles. The van der Waals surface area contributed by atoms with E-state index in [-0.39, 0.29) is 5.91 Å². The van der Waals surface area contributed by atoms with Crippen LogP contribution >= 0.6 is 0 Å². The standard InChI is InChI=1S/C16H15N3O/c1-12(20)19-10-9-16-14(11-19)15(17-18-16)8-7-13-5-3-2-4-6-13/h2-6H,9-11H2,1H3,(H,17,18). The molecule has 0 bridgehead atoms. The molecule has 4 heteroatoms. The Labute approximate surface area is 117 Å². The first-order valence-electron chi connectivity index (χ1n) is 6.63. The minimum absolute atomic E-state index is 0.0961. The number of carbonyl (C=O) groups is 1. The summed E-state index contributed by atoms with van der Waals surface area (Å²) in [5.74, 6) is 6.30. The molecule has 0 saturated carbocycles. The van der Waals surface area contributed by atoms with E-state index in [9.17, 15) is 4.79 Å². The number of amides is 1. The summed E-state index contributed by atoms with van der Waals surface area (Å²) in [4.78, 5) is 13.3. The van der Waals surface area contributed by atoms with Crippen LogP contribution in [0.2, 0.25) is 0 Å². The predicted molar refractivity (Wildman–Crippen MR) is 75.8 cm³/mol. The SMILES string of the molecule is CC(=O)N1CCc2[nH]nc(C#Cc3ccccc3)c2C1. The van der Waals surface area contributed by atoms with Crippen molar-refractivity contribution in [3.05, 3.63) is 52.8 Å². The minimum atomic E-state index is 0.0961. The van der Waals surface area contributed by atoms with Crippen LogP contribution in [-0.4, -0.2) is 27.5 Å². The molecule has 0 spiro atoms. The van der Waals surface area contributed by atoms with Gasteiger partial charge in [-0.3, -0.25) is 9.89 Å². The van der Waals surface area contributed by atoms with E-state index >= 15 is 0 Å². The highest BCUT2D eigenvalue weighted by Crippen LogP contribution is 2.19. The van der Waals surface area contributed by atoms with Gasteiger partial charge in [-0.05, 0) is 18.1 Å². The Morgan fingerprint density at radius 3 is 2.85 bits per heavy atom. The van der Waals surface area contributed by atoms with Gasteiger partial charge in [-0.25, -0.2) is 0 Å². The molecule has 20 heavy (non-hydrogen) atoms. The minimum Gasteiger partial charge on any atom is -0.338 e. The normalized spacial score (nSPS) is 13.3. The van der Waals surface area contributed by atoms with E-state index in [1.807, 2.05) is 35.2 Å². The molecule has 4 nitrogen and oxygen atoms in total. The van der Waals surface area contributed by atoms with Gasteiger partial charge in [0, 0.05) is 36.7 Å². The summed E-state index contributed by atoms with van der Waals surface area (Å²) in [5.41, 5.74) is 3.85. The van der Waals surface area contributed by atoms with Gasteiger partial charge in [0.05, 0.1) is 6.54 Å². The van der Waals surface area contributed by atoms with Crippen molar-refractivity contribution in [2.24, 2.45) is 0 Å². The van der Waals surface area contributed by atoms with Gasteiger partial charge < -0.3 is 4.90 Å². The number of fused-ring (bicyclic) bond motifs is 1. The van der Waals surface area contributed by atoms with E-state index in [2.05, 4.69) is 22.0 Å². The zero-order valence-corrected chi connectivity index (χ0v) is 11.3. The fourth-order valence-corrected chi connectivity index (χ4v) is 2.32. The van der Waals surface area contributed by atoms with Crippen molar-refractivity contribution in [3.8, 4) is 11.8 Å². The fourth-order valence-electron chi connectivity index (χ4n) is 2.32. The highest BCUT2D eigenvalue weighted by molar-refractivity contribution is 5.73. The number of hydrogen-bond donors (Lipinski definition) is 1. The molecule has 100 valence electrons. The number of carbonyl (C=O) groups excluding carboxylic acids is 1. The van der Waals surface area contributed by atoms with Crippen LogP contribution in [0.4, 0.5) is 0 Å².